The number of ether oxygens (including phenoxy) is 1. The highest BCUT2D eigenvalue weighted by Crippen LogP contribution is 2.19. The van der Waals surface area contributed by atoms with E-state index in [1.165, 1.54) is 19.3 Å². The minimum absolute atomic E-state index is 0.200. The molecule has 1 fully saturated rings. The second kappa shape index (κ2) is 7.38. The smallest absolute Gasteiger partial charge is 0.291 e. The van der Waals surface area contributed by atoms with Gasteiger partial charge in [-0.3, -0.25) is 9.89 Å². The zero-order valence-electron chi connectivity index (χ0n) is 12.3. The molecule has 2 N–H and O–H groups in total. The van der Waals surface area contributed by atoms with Gasteiger partial charge in [0.15, 0.2) is 0 Å². The molecule has 1 saturated carbocycles. The molecule has 6 nitrogen and oxygen atoms in total. The van der Waals surface area contributed by atoms with E-state index >= 15 is 0 Å². The molecule has 1 aliphatic carbocycles. The number of nitrogens with zero attached hydrogens (tertiary/aromatic N) is 2. The maximum absolute atomic E-state index is 11.8. The van der Waals surface area contributed by atoms with Crippen molar-refractivity contribution in [1.29, 1.82) is 0 Å². The summed E-state index contributed by atoms with van der Waals surface area (Å²) in [4.78, 5) is 16.0. The highest BCUT2D eigenvalue weighted by Gasteiger charge is 2.15. The molecule has 20 heavy (non-hydrogen) atoms. The fraction of sp³-hybridized carbons (Fsp3) is 0.786. The van der Waals surface area contributed by atoms with E-state index < -0.39 is 0 Å². The molecule has 2 rings (SSSR count). The van der Waals surface area contributed by atoms with Crippen LogP contribution in [-0.2, 0) is 4.74 Å². The van der Waals surface area contributed by atoms with Crippen LogP contribution >= 0.6 is 0 Å². The summed E-state index contributed by atoms with van der Waals surface area (Å²) in [7, 11) is 0. The van der Waals surface area contributed by atoms with Gasteiger partial charge in [0.2, 0.25) is 5.82 Å². The lowest BCUT2D eigenvalue weighted by Gasteiger charge is -2.21. The molecule has 1 aromatic rings. The summed E-state index contributed by atoms with van der Waals surface area (Å²) in [5, 5.41) is 9.47. The molecule has 0 aromatic carbocycles. The third-order valence-electron chi connectivity index (χ3n) is 3.55. The lowest BCUT2D eigenvalue weighted by atomic mass is 9.98. The molecular formula is C14H24N4O2. The first-order chi connectivity index (χ1) is 9.66. The summed E-state index contributed by atoms with van der Waals surface area (Å²) >= 11 is 0. The van der Waals surface area contributed by atoms with Crippen molar-refractivity contribution in [3.63, 3.8) is 0 Å². The van der Waals surface area contributed by atoms with Gasteiger partial charge >= 0.3 is 0 Å². The van der Waals surface area contributed by atoms with E-state index in [0.717, 1.165) is 18.7 Å². The largest absolute Gasteiger partial charge is 0.376 e. The van der Waals surface area contributed by atoms with Crippen LogP contribution in [0, 0.1) is 0 Å². The molecule has 0 aliphatic heterocycles. The minimum atomic E-state index is -0.250. The summed E-state index contributed by atoms with van der Waals surface area (Å²) < 4.78 is 5.75. The molecule has 0 atom stereocenters. The number of aromatic amines is 1. The third-order valence-corrected chi connectivity index (χ3v) is 3.55. The number of amides is 1. The Labute approximate surface area is 119 Å². The Kier molecular flexibility index (Phi) is 5.52. The molecule has 0 saturated heterocycles. The van der Waals surface area contributed by atoms with E-state index in [1.807, 2.05) is 13.8 Å². The van der Waals surface area contributed by atoms with Gasteiger partial charge in [-0.1, -0.05) is 33.1 Å². The van der Waals surface area contributed by atoms with Crippen LogP contribution in [0.5, 0.6) is 0 Å². The van der Waals surface area contributed by atoms with Crippen LogP contribution in [0.1, 0.15) is 68.3 Å². The van der Waals surface area contributed by atoms with E-state index in [0.29, 0.717) is 19.3 Å². The van der Waals surface area contributed by atoms with Gasteiger partial charge < -0.3 is 10.1 Å². The number of nitrogens with one attached hydrogen (secondary N) is 2. The van der Waals surface area contributed by atoms with Crippen molar-refractivity contribution in [3.8, 4) is 0 Å². The molecule has 1 amide bonds. The normalized spacial score (nSPS) is 16.6. The van der Waals surface area contributed by atoms with Gasteiger partial charge in [-0.2, -0.15) is 0 Å². The zero-order chi connectivity index (χ0) is 14.4. The Morgan fingerprint density at radius 3 is 2.80 bits per heavy atom. The molecule has 0 spiro atoms. The molecular weight excluding hydrogens is 256 g/mol. The molecule has 1 aliphatic rings. The standard InChI is InChI=1S/C14H24N4O2/c1-10(2)12-16-13(18-17-12)14(19)15-8-9-20-11-6-4-3-5-7-11/h10-11H,3-9H2,1-2H3,(H,15,19)(H,16,17,18). The highest BCUT2D eigenvalue weighted by molar-refractivity contribution is 5.90. The van der Waals surface area contributed by atoms with Crippen molar-refractivity contribution >= 4 is 5.91 Å². The summed E-state index contributed by atoms with van der Waals surface area (Å²) in [5.41, 5.74) is 0. The molecule has 1 aromatic heterocycles. The Bertz CT molecular complexity index is 425. The lowest BCUT2D eigenvalue weighted by Crippen LogP contribution is -2.30. The number of H-pyrrole nitrogens is 1. The van der Waals surface area contributed by atoms with Crippen LogP contribution < -0.4 is 5.32 Å². The first kappa shape index (κ1) is 15.0. The van der Waals surface area contributed by atoms with Gasteiger partial charge in [0.25, 0.3) is 5.91 Å². The van der Waals surface area contributed by atoms with E-state index in [4.69, 9.17) is 4.74 Å². The highest BCUT2D eigenvalue weighted by atomic mass is 16.5. The van der Waals surface area contributed by atoms with E-state index in [9.17, 15) is 4.79 Å². The van der Waals surface area contributed by atoms with Crippen LogP contribution in [0.4, 0.5) is 0 Å². The topological polar surface area (TPSA) is 79.9 Å². The van der Waals surface area contributed by atoms with Crippen LogP contribution in [0.3, 0.4) is 0 Å². The van der Waals surface area contributed by atoms with E-state index in [-0.39, 0.29) is 17.6 Å². The fourth-order valence-electron chi connectivity index (χ4n) is 2.34. The summed E-state index contributed by atoms with van der Waals surface area (Å²) in [6.07, 6.45) is 6.49. The molecule has 0 radical (unpaired) electrons. The van der Waals surface area contributed by atoms with E-state index in [1.54, 1.807) is 0 Å². The molecule has 0 unspecified atom stereocenters. The van der Waals surface area contributed by atoms with Gasteiger partial charge in [-0.05, 0) is 12.8 Å². The predicted molar refractivity (Wildman–Crippen MR) is 75.6 cm³/mol. The van der Waals surface area contributed by atoms with Gasteiger partial charge in [-0.15, -0.1) is 5.10 Å². The first-order valence-electron chi connectivity index (χ1n) is 7.49. The number of carbonyl (C=O) groups is 1. The van der Waals surface area contributed by atoms with Crippen LogP contribution in [0.25, 0.3) is 0 Å². The SMILES string of the molecule is CC(C)c1nc(C(=O)NCCOC2CCCCC2)n[nH]1. The first-order valence-corrected chi connectivity index (χ1v) is 7.49. The molecule has 6 heteroatoms. The average Bonchev–Trinajstić information content (AvgIpc) is 2.94. The number of aromatic nitrogens is 3. The average molecular weight is 280 g/mol. The van der Waals surface area contributed by atoms with Gasteiger partial charge in [0.05, 0.1) is 12.7 Å². The van der Waals surface area contributed by atoms with Crippen LogP contribution in [0.2, 0.25) is 0 Å². The van der Waals surface area contributed by atoms with E-state index in [2.05, 4.69) is 20.5 Å². The number of hydrogen-bond donors (Lipinski definition) is 2. The summed E-state index contributed by atoms with van der Waals surface area (Å²) in [5.74, 6) is 0.916. The maximum atomic E-state index is 11.8. The number of hydrogen-bond acceptors (Lipinski definition) is 4. The second-order valence-corrected chi connectivity index (χ2v) is 5.59. The maximum Gasteiger partial charge on any atom is 0.291 e. The summed E-state index contributed by atoms with van der Waals surface area (Å²) in [6.45, 7) is 5.05. The fourth-order valence-corrected chi connectivity index (χ4v) is 2.34. The predicted octanol–water partition coefficient (Wildman–Crippen LogP) is 2.01. The van der Waals surface area contributed by atoms with Crippen molar-refractivity contribution in [2.24, 2.45) is 0 Å². The Morgan fingerprint density at radius 1 is 1.40 bits per heavy atom. The Balaban J connectivity index is 1.66. The van der Waals surface area contributed by atoms with Crippen molar-refractivity contribution in [2.45, 2.75) is 58.0 Å². The van der Waals surface area contributed by atoms with Crippen molar-refractivity contribution in [2.75, 3.05) is 13.2 Å². The van der Waals surface area contributed by atoms with Gasteiger partial charge in [-0.25, -0.2) is 4.98 Å². The number of carbonyl (C=O) groups excluding carboxylic acids is 1. The third kappa shape index (κ3) is 4.30. The monoisotopic (exact) mass is 280 g/mol. The second-order valence-electron chi connectivity index (χ2n) is 5.59. The van der Waals surface area contributed by atoms with Crippen molar-refractivity contribution in [3.05, 3.63) is 11.6 Å². The van der Waals surface area contributed by atoms with Crippen molar-refractivity contribution in [1.82, 2.24) is 20.5 Å². The Hall–Kier alpha value is -1.43. The number of rotatable bonds is 6. The van der Waals surface area contributed by atoms with Crippen LogP contribution in [0.15, 0.2) is 0 Å². The van der Waals surface area contributed by atoms with Crippen LogP contribution in [-0.4, -0.2) is 40.3 Å². The lowest BCUT2D eigenvalue weighted by molar-refractivity contribution is 0.0299. The van der Waals surface area contributed by atoms with Gasteiger partial charge in [0, 0.05) is 12.5 Å². The molecule has 112 valence electrons. The quantitative estimate of drug-likeness (QED) is 0.781. The zero-order valence-corrected chi connectivity index (χ0v) is 12.3. The van der Waals surface area contributed by atoms with Gasteiger partial charge in [0.1, 0.15) is 5.82 Å². The Morgan fingerprint density at radius 2 is 2.15 bits per heavy atom. The van der Waals surface area contributed by atoms with Crippen molar-refractivity contribution < 1.29 is 9.53 Å². The summed E-state index contributed by atoms with van der Waals surface area (Å²) in [6, 6.07) is 0. The molecule has 1 heterocycles. The minimum Gasteiger partial charge on any atom is -0.376 e. The molecule has 0 bridgehead atoms.